The number of carbonyl (C=O) groups is 3. The van der Waals surface area contributed by atoms with E-state index in [1.54, 1.807) is 35.6 Å². The fourth-order valence-corrected chi connectivity index (χ4v) is 3.80. The van der Waals surface area contributed by atoms with Crippen molar-refractivity contribution in [1.29, 1.82) is 0 Å². The Balaban J connectivity index is 1.61. The summed E-state index contributed by atoms with van der Waals surface area (Å²) in [7, 11) is 0. The van der Waals surface area contributed by atoms with Gasteiger partial charge in [-0.15, -0.1) is 11.3 Å². The van der Waals surface area contributed by atoms with Gasteiger partial charge in [0.15, 0.2) is 5.78 Å². The van der Waals surface area contributed by atoms with Crippen molar-refractivity contribution in [3.8, 4) is 0 Å². The number of ketones is 1. The third-order valence-corrected chi connectivity index (χ3v) is 5.38. The number of aryl methyl sites for hydroxylation is 2. The van der Waals surface area contributed by atoms with E-state index in [-0.39, 0.29) is 30.6 Å². The van der Waals surface area contributed by atoms with Gasteiger partial charge < -0.3 is 10.1 Å². The molecule has 2 aromatic rings. The number of Topliss-reactive ketones (excluding diaryl/α,β-unsaturated/α-hetero) is 1. The first kappa shape index (κ1) is 19.3. The molecule has 0 aliphatic heterocycles. The minimum atomic E-state index is -0.987. The summed E-state index contributed by atoms with van der Waals surface area (Å²) in [6.45, 7) is 3.85. The van der Waals surface area contributed by atoms with Crippen LogP contribution in [-0.2, 0) is 14.3 Å². The molecular formula is C21H23NO4S. The Hall–Kier alpha value is -2.47. The number of thiophene rings is 1. The minimum absolute atomic E-state index is 0.0484. The van der Waals surface area contributed by atoms with E-state index in [4.69, 9.17) is 4.74 Å². The van der Waals surface area contributed by atoms with Crippen molar-refractivity contribution in [2.24, 2.45) is 0 Å². The van der Waals surface area contributed by atoms with E-state index >= 15 is 0 Å². The lowest BCUT2D eigenvalue weighted by Crippen LogP contribution is -2.33. The van der Waals surface area contributed by atoms with Crippen molar-refractivity contribution < 1.29 is 19.1 Å². The third-order valence-electron chi connectivity index (χ3n) is 4.41. The second-order valence-corrected chi connectivity index (χ2v) is 8.27. The van der Waals surface area contributed by atoms with Crippen LogP contribution in [0.1, 0.15) is 57.5 Å². The highest BCUT2D eigenvalue weighted by atomic mass is 32.1. The first-order chi connectivity index (χ1) is 12.9. The number of benzene rings is 1. The zero-order valence-electron chi connectivity index (χ0n) is 15.5. The summed E-state index contributed by atoms with van der Waals surface area (Å²) in [5, 5.41) is 2.88. The van der Waals surface area contributed by atoms with Crippen molar-refractivity contribution in [2.75, 3.05) is 0 Å². The normalized spacial score (nSPS) is 14.4. The first-order valence-corrected chi connectivity index (χ1v) is 9.90. The van der Waals surface area contributed by atoms with Crippen LogP contribution in [0.4, 0.5) is 0 Å². The minimum Gasteiger partial charge on any atom is -0.447 e. The van der Waals surface area contributed by atoms with Gasteiger partial charge in [-0.25, -0.2) is 0 Å². The van der Waals surface area contributed by atoms with Crippen LogP contribution in [0.25, 0.3) is 0 Å². The van der Waals surface area contributed by atoms with Gasteiger partial charge in [-0.1, -0.05) is 30.3 Å². The summed E-state index contributed by atoms with van der Waals surface area (Å²) in [5.74, 6) is -0.937. The molecule has 142 valence electrons. The van der Waals surface area contributed by atoms with Crippen LogP contribution in [0.5, 0.6) is 0 Å². The van der Waals surface area contributed by atoms with E-state index in [2.05, 4.69) is 5.32 Å². The maximum Gasteiger partial charge on any atom is 0.307 e. The van der Waals surface area contributed by atoms with E-state index in [0.717, 1.165) is 22.6 Å². The first-order valence-electron chi connectivity index (χ1n) is 9.09. The summed E-state index contributed by atoms with van der Waals surface area (Å²) in [6, 6.07) is 11.0. The predicted octanol–water partition coefficient (Wildman–Crippen LogP) is 3.89. The molecule has 0 radical (unpaired) electrons. The molecule has 5 nitrogen and oxygen atoms in total. The fourth-order valence-electron chi connectivity index (χ4n) is 2.85. The fraction of sp³-hybridized carbons (Fsp3) is 0.381. The average Bonchev–Trinajstić information content (AvgIpc) is 3.39. The van der Waals surface area contributed by atoms with E-state index in [1.807, 2.05) is 26.0 Å². The molecule has 1 N–H and O–H groups in total. The van der Waals surface area contributed by atoms with E-state index in [9.17, 15) is 14.4 Å². The second-order valence-electron chi connectivity index (χ2n) is 6.81. The molecule has 1 fully saturated rings. The molecule has 1 amide bonds. The number of rotatable bonds is 8. The molecule has 27 heavy (non-hydrogen) atoms. The van der Waals surface area contributed by atoms with Crippen molar-refractivity contribution in [2.45, 2.75) is 51.7 Å². The second kappa shape index (κ2) is 8.48. The zero-order chi connectivity index (χ0) is 19.4. The monoisotopic (exact) mass is 385 g/mol. The number of hydrogen-bond acceptors (Lipinski definition) is 5. The molecule has 1 saturated carbocycles. The van der Waals surface area contributed by atoms with Crippen LogP contribution < -0.4 is 5.32 Å². The topological polar surface area (TPSA) is 72.5 Å². The van der Waals surface area contributed by atoms with Crippen molar-refractivity contribution in [1.82, 2.24) is 5.32 Å². The molecule has 1 aromatic heterocycles. The molecule has 1 heterocycles. The van der Waals surface area contributed by atoms with Crippen molar-refractivity contribution in [3.63, 3.8) is 0 Å². The summed E-state index contributed by atoms with van der Waals surface area (Å²) < 4.78 is 5.45. The van der Waals surface area contributed by atoms with Crippen LogP contribution in [0.3, 0.4) is 0 Å². The van der Waals surface area contributed by atoms with E-state index in [1.165, 1.54) is 0 Å². The van der Waals surface area contributed by atoms with E-state index < -0.39 is 12.1 Å². The van der Waals surface area contributed by atoms with Crippen LogP contribution in [0.15, 0.2) is 36.4 Å². The quantitative estimate of drug-likeness (QED) is 0.553. The largest absolute Gasteiger partial charge is 0.447 e. The molecule has 6 heteroatoms. The Morgan fingerprint density at radius 2 is 1.85 bits per heavy atom. The zero-order valence-corrected chi connectivity index (χ0v) is 16.3. The van der Waals surface area contributed by atoms with Crippen LogP contribution in [0, 0.1) is 13.8 Å². The van der Waals surface area contributed by atoms with Crippen molar-refractivity contribution in [3.05, 3.63) is 57.3 Å². The number of esters is 1. The molecule has 0 saturated heterocycles. The standard InChI is InChI=1S/C21H23NO4S/c1-13-12-17(14(2)27-13)18(23)10-11-19(24)26-20(15-6-4-3-5-7-15)21(25)22-16-8-9-16/h3-7,12,16,20H,8-11H2,1-2H3,(H,22,25)/t20-/m1/s1. The lowest BCUT2D eigenvalue weighted by atomic mass is 10.1. The molecule has 3 rings (SSSR count). The predicted molar refractivity (Wildman–Crippen MR) is 104 cm³/mol. The van der Waals surface area contributed by atoms with Crippen LogP contribution in [0.2, 0.25) is 0 Å². The van der Waals surface area contributed by atoms with Gasteiger partial charge in [-0.05, 0) is 32.8 Å². The average molecular weight is 385 g/mol. The van der Waals surface area contributed by atoms with Gasteiger partial charge in [0.25, 0.3) is 5.91 Å². The molecule has 1 atom stereocenters. The van der Waals surface area contributed by atoms with Crippen molar-refractivity contribution >= 4 is 29.0 Å². The summed E-state index contributed by atoms with van der Waals surface area (Å²) in [6.07, 6.45) is 0.943. The Kier molecular flexibility index (Phi) is 6.06. The highest BCUT2D eigenvalue weighted by molar-refractivity contribution is 7.12. The molecule has 0 spiro atoms. The maximum absolute atomic E-state index is 12.5. The lowest BCUT2D eigenvalue weighted by Gasteiger charge is -2.18. The van der Waals surface area contributed by atoms with Gasteiger partial charge in [0.05, 0.1) is 6.42 Å². The number of amides is 1. The number of carbonyl (C=O) groups excluding carboxylic acids is 3. The number of hydrogen-bond donors (Lipinski definition) is 1. The Morgan fingerprint density at radius 1 is 1.15 bits per heavy atom. The highest BCUT2D eigenvalue weighted by Crippen LogP contribution is 2.25. The Labute approximate surface area is 162 Å². The number of nitrogens with one attached hydrogen (secondary N) is 1. The molecule has 1 aromatic carbocycles. The summed E-state index contributed by atoms with van der Waals surface area (Å²) in [5.41, 5.74) is 1.29. The Bertz CT molecular complexity index is 839. The summed E-state index contributed by atoms with van der Waals surface area (Å²) >= 11 is 1.57. The smallest absolute Gasteiger partial charge is 0.307 e. The number of ether oxygens (including phenoxy) is 1. The summed E-state index contributed by atoms with van der Waals surface area (Å²) in [4.78, 5) is 39.2. The van der Waals surface area contributed by atoms with Crippen LogP contribution in [-0.4, -0.2) is 23.7 Å². The molecule has 0 bridgehead atoms. The molecule has 1 aliphatic rings. The van der Waals surface area contributed by atoms with Gasteiger partial charge in [-0.3, -0.25) is 14.4 Å². The molecule has 1 aliphatic carbocycles. The molecular weight excluding hydrogens is 362 g/mol. The SMILES string of the molecule is Cc1cc(C(=O)CCC(=O)O[C@@H](C(=O)NC2CC2)c2ccccc2)c(C)s1. The van der Waals surface area contributed by atoms with E-state index in [0.29, 0.717) is 11.1 Å². The third kappa shape index (κ3) is 5.26. The van der Waals surface area contributed by atoms with Crippen LogP contribution >= 0.6 is 11.3 Å². The highest BCUT2D eigenvalue weighted by Gasteiger charge is 2.30. The lowest BCUT2D eigenvalue weighted by molar-refractivity contribution is -0.156. The van der Waals surface area contributed by atoms with Gasteiger partial charge in [-0.2, -0.15) is 0 Å². The van der Waals surface area contributed by atoms with Gasteiger partial charge in [0.2, 0.25) is 6.10 Å². The maximum atomic E-state index is 12.5. The van der Waals surface area contributed by atoms with Gasteiger partial charge in [0, 0.05) is 33.3 Å². The molecule has 0 unspecified atom stereocenters. The van der Waals surface area contributed by atoms with Gasteiger partial charge >= 0.3 is 5.97 Å². The Morgan fingerprint density at radius 3 is 2.44 bits per heavy atom. The van der Waals surface area contributed by atoms with Gasteiger partial charge in [0.1, 0.15) is 0 Å².